The van der Waals surface area contributed by atoms with E-state index in [0.29, 0.717) is 23.1 Å². The van der Waals surface area contributed by atoms with Gasteiger partial charge in [0.25, 0.3) is 5.91 Å². The fourth-order valence-electron chi connectivity index (χ4n) is 4.10. The molecule has 5 nitrogen and oxygen atoms in total. The van der Waals surface area contributed by atoms with Gasteiger partial charge in [-0.05, 0) is 61.4 Å². The number of alkyl halides is 3. The van der Waals surface area contributed by atoms with Crippen LogP contribution in [0.1, 0.15) is 35.3 Å². The van der Waals surface area contributed by atoms with Gasteiger partial charge in [-0.3, -0.25) is 4.79 Å². The molecule has 1 amide bonds. The average molecular weight is 393 g/mol. The van der Waals surface area contributed by atoms with E-state index >= 15 is 0 Å². The monoisotopic (exact) mass is 393 g/mol. The molecule has 0 bridgehead atoms. The van der Waals surface area contributed by atoms with Gasteiger partial charge in [-0.25, -0.2) is 4.68 Å². The van der Waals surface area contributed by atoms with Crippen LogP contribution in [0.15, 0.2) is 36.5 Å². The number of carbonyl (C=O) groups is 1. The van der Waals surface area contributed by atoms with Crippen LogP contribution in [0, 0.1) is 11.8 Å². The number of aromatic nitrogens is 2. The minimum absolute atomic E-state index is 0.0300. The van der Waals surface area contributed by atoms with E-state index in [1.807, 2.05) is 4.90 Å². The van der Waals surface area contributed by atoms with E-state index in [1.165, 1.54) is 6.20 Å². The van der Waals surface area contributed by atoms with Gasteiger partial charge < -0.3 is 9.64 Å². The predicted octanol–water partition coefficient (Wildman–Crippen LogP) is 3.78. The maximum atomic E-state index is 12.8. The SMILES string of the molecule is O=C(c1ccc(-n2ccc(C(F)(F)F)n2)cc1)N1CCC(C2CCOCC2)C1. The minimum atomic E-state index is -4.47. The first-order valence-electron chi connectivity index (χ1n) is 9.52. The lowest BCUT2D eigenvalue weighted by Crippen LogP contribution is -2.31. The Bertz CT molecular complexity index is 826. The summed E-state index contributed by atoms with van der Waals surface area (Å²) in [6.07, 6.45) is -0.0745. The van der Waals surface area contributed by atoms with Gasteiger partial charge in [-0.15, -0.1) is 0 Å². The van der Waals surface area contributed by atoms with E-state index in [9.17, 15) is 18.0 Å². The standard InChI is InChI=1S/C20H22F3N3O2/c21-20(22,23)18-6-10-26(24-18)17-3-1-15(2-4-17)19(27)25-9-5-16(13-25)14-7-11-28-12-8-14/h1-4,6,10,14,16H,5,7-9,11-13H2. The molecule has 0 spiro atoms. The first-order chi connectivity index (χ1) is 13.4. The third-order valence-corrected chi connectivity index (χ3v) is 5.70. The van der Waals surface area contributed by atoms with E-state index < -0.39 is 11.9 Å². The summed E-state index contributed by atoms with van der Waals surface area (Å²) in [6, 6.07) is 7.46. The molecule has 0 N–H and O–H groups in total. The van der Waals surface area contributed by atoms with Crippen LogP contribution in [-0.2, 0) is 10.9 Å². The molecule has 2 aromatic rings. The van der Waals surface area contributed by atoms with Crippen molar-refractivity contribution in [3.63, 3.8) is 0 Å². The molecule has 0 aliphatic carbocycles. The van der Waals surface area contributed by atoms with Crippen molar-refractivity contribution in [3.05, 3.63) is 47.8 Å². The van der Waals surface area contributed by atoms with Crippen molar-refractivity contribution in [1.82, 2.24) is 14.7 Å². The number of likely N-dealkylation sites (tertiary alicyclic amines) is 1. The normalized spacial score (nSPS) is 21.2. The molecule has 28 heavy (non-hydrogen) atoms. The largest absolute Gasteiger partial charge is 0.435 e. The van der Waals surface area contributed by atoms with Crippen molar-refractivity contribution >= 4 is 5.91 Å². The van der Waals surface area contributed by atoms with Crippen molar-refractivity contribution in [2.24, 2.45) is 11.8 Å². The zero-order chi connectivity index (χ0) is 19.7. The summed E-state index contributed by atoms with van der Waals surface area (Å²) in [6.45, 7) is 3.12. The summed E-state index contributed by atoms with van der Waals surface area (Å²) in [5.41, 5.74) is 0.0806. The van der Waals surface area contributed by atoms with Crippen LogP contribution in [0.4, 0.5) is 13.2 Å². The average Bonchev–Trinajstić information content (AvgIpc) is 3.38. The Balaban J connectivity index is 1.41. The topological polar surface area (TPSA) is 47.4 Å². The van der Waals surface area contributed by atoms with Crippen LogP contribution in [0.3, 0.4) is 0 Å². The minimum Gasteiger partial charge on any atom is -0.381 e. The molecule has 2 saturated heterocycles. The van der Waals surface area contributed by atoms with Gasteiger partial charge in [0.05, 0.1) is 5.69 Å². The van der Waals surface area contributed by atoms with E-state index in [2.05, 4.69) is 5.10 Å². The highest BCUT2D eigenvalue weighted by molar-refractivity contribution is 5.94. The summed E-state index contributed by atoms with van der Waals surface area (Å²) in [7, 11) is 0. The molecule has 2 fully saturated rings. The Labute approximate surface area is 161 Å². The van der Waals surface area contributed by atoms with Crippen molar-refractivity contribution in [1.29, 1.82) is 0 Å². The number of amides is 1. The lowest BCUT2D eigenvalue weighted by Gasteiger charge is -2.27. The fourth-order valence-corrected chi connectivity index (χ4v) is 4.10. The van der Waals surface area contributed by atoms with Gasteiger partial charge in [0.15, 0.2) is 5.69 Å². The molecule has 2 aliphatic rings. The molecule has 0 saturated carbocycles. The van der Waals surface area contributed by atoms with Crippen molar-refractivity contribution in [2.45, 2.75) is 25.4 Å². The zero-order valence-corrected chi connectivity index (χ0v) is 15.4. The highest BCUT2D eigenvalue weighted by Gasteiger charge is 2.34. The number of rotatable bonds is 3. The summed E-state index contributed by atoms with van der Waals surface area (Å²) >= 11 is 0. The van der Waals surface area contributed by atoms with Gasteiger partial charge in [0.1, 0.15) is 0 Å². The smallest absolute Gasteiger partial charge is 0.381 e. The maximum Gasteiger partial charge on any atom is 0.435 e. The van der Waals surface area contributed by atoms with Gasteiger partial charge in [0, 0.05) is 38.1 Å². The maximum absolute atomic E-state index is 12.8. The van der Waals surface area contributed by atoms with E-state index in [4.69, 9.17) is 4.74 Å². The van der Waals surface area contributed by atoms with Crippen LogP contribution in [0.5, 0.6) is 0 Å². The molecule has 0 radical (unpaired) electrons. The lowest BCUT2D eigenvalue weighted by molar-refractivity contribution is -0.141. The predicted molar refractivity (Wildman–Crippen MR) is 96.1 cm³/mol. The number of ether oxygens (including phenoxy) is 1. The van der Waals surface area contributed by atoms with Crippen LogP contribution in [-0.4, -0.2) is 46.9 Å². The summed E-state index contributed by atoms with van der Waals surface area (Å²) < 4.78 is 44.7. The lowest BCUT2D eigenvalue weighted by atomic mass is 9.85. The second kappa shape index (κ2) is 7.58. The summed E-state index contributed by atoms with van der Waals surface area (Å²) in [5.74, 6) is 1.12. The second-order valence-corrected chi connectivity index (χ2v) is 7.44. The Morgan fingerprint density at radius 1 is 1.04 bits per heavy atom. The molecule has 150 valence electrons. The molecule has 1 atom stereocenters. The Morgan fingerprint density at radius 3 is 2.39 bits per heavy atom. The third-order valence-electron chi connectivity index (χ3n) is 5.70. The van der Waals surface area contributed by atoms with Gasteiger partial charge in [-0.1, -0.05) is 0 Å². The third kappa shape index (κ3) is 3.92. The molecule has 1 aromatic carbocycles. The summed E-state index contributed by atoms with van der Waals surface area (Å²) in [4.78, 5) is 14.7. The Kier molecular flexibility index (Phi) is 5.14. The van der Waals surface area contributed by atoms with Crippen LogP contribution >= 0.6 is 0 Å². The number of hydrogen-bond acceptors (Lipinski definition) is 3. The van der Waals surface area contributed by atoms with Gasteiger partial charge in [-0.2, -0.15) is 18.3 Å². The summed E-state index contributed by atoms with van der Waals surface area (Å²) in [5, 5.41) is 3.55. The molecule has 1 unspecified atom stereocenters. The molecule has 1 aromatic heterocycles. The quantitative estimate of drug-likeness (QED) is 0.797. The number of halogens is 3. The molecule has 8 heteroatoms. The molecular formula is C20H22F3N3O2. The first kappa shape index (κ1) is 19.0. The van der Waals surface area contributed by atoms with Gasteiger partial charge >= 0.3 is 6.18 Å². The second-order valence-electron chi connectivity index (χ2n) is 7.44. The number of benzene rings is 1. The first-order valence-corrected chi connectivity index (χ1v) is 9.52. The molecule has 3 heterocycles. The molecular weight excluding hydrogens is 371 g/mol. The van der Waals surface area contributed by atoms with Gasteiger partial charge in [0.2, 0.25) is 0 Å². The highest BCUT2D eigenvalue weighted by Crippen LogP contribution is 2.32. The fraction of sp³-hybridized carbons (Fsp3) is 0.500. The van der Waals surface area contributed by atoms with E-state index in [1.54, 1.807) is 24.3 Å². The van der Waals surface area contributed by atoms with Crippen molar-refractivity contribution in [3.8, 4) is 5.69 Å². The van der Waals surface area contributed by atoms with Crippen LogP contribution in [0.25, 0.3) is 5.69 Å². The number of nitrogens with zero attached hydrogens (tertiary/aromatic N) is 3. The van der Waals surface area contributed by atoms with E-state index in [-0.39, 0.29) is 5.91 Å². The number of carbonyl (C=O) groups excluding carboxylic acids is 1. The number of hydrogen-bond donors (Lipinski definition) is 0. The van der Waals surface area contributed by atoms with Crippen molar-refractivity contribution in [2.75, 3.05) is 26.3 Å². The highest BCUT2D eigenvalue weighted by atomic mass is 19.4. The Morgan fingerprint density at radius 2 is 1.75 bits per heavy atom. The van der Waals surface area contributed by atoms with Crippen LogP contribution in [0.2, 0.25) is 0 Å². The van der Waals surface area contributed by atoms with E-state index in [0.717, 1.165) is 56.3 Å². The molecule has 2 aliphatic heterocycles. The zero-order valence-electron chi connectivity index (χ0n) is 15.4. The molecule has 4 rings (SSSR count). The van der Waals surface area contributed by atoms with Crippen molar-refractivity contribution < 1.29 is 22.7 Å². The Hall–Kier alpha value is -2.35. The van der Waals surface area contributed by atoms with Crippen LogP contribution < -0.4 is 0 Å².